The fourth-order valence-electron chi connectivity index (χ4n) is 1.18. The fourth-order valence-corrected chi connectivity index (χ4v) is 1.18. The van der Waals surface area contributed by atoms with Crippen molar-refractivity contribution in [2.45, 2.75) is 26.7 Å². The van der Waals surface area contributed by atoms with E-state index in [0.29, 0.717) is 26.4 Å². The van der Waals surface area contributed by atoms with Gasteiger partial charge in [-0.1, -0.05) is 13.8 Å². The summed E-state index contributed by atoms with van der Waals surface area (Å²) in [5.74, 6) is -1.59. The van der Waals surface area contributed by atoms with Gasteiger partial charge in [0, 0.05) is 13.2 Å². The summed E-state index contributed by atoms with van der Waals surface area (Å²) in [6.07, 6.45) is 1.84. The summed E-state index contributed by atoms with van der Waals surface area (Å²) in [5.41, 5.74) is 0. The van der Waals surface area contributed by atoms with E-state index in [1.807, 2.05) is 13.8 Å². The lowest BCUT2D eigenvalue weighted by molar-refractivity contribution is -0.264. The second-order valence-corrected chi connectivity index (χ2v) is 4.24. The summed E-state index contributed by atoms with van der Waals surface area (Å²) in [4.78, 5) is 30.8. The Hall–Kier alpha value is -1.22. The van der Waals surface area contributed by atoms with Crippen LogP contribution in [-0.2, 0) is 38.3 Å². The highest BCUT2D eigenvalue weighted by Crippen LogP contribution is 1.89. The summed E-state index contributed by atoms with van der Waals surface area (Å²) < 4.78 is 20.2. The van der Waals surface area contributed by atoms with Crippen LogP contribution < -0.4 is 0 Å². The van der Waals surface area contributed by atoms with Gasteiger partial charge in [0.2, 0.25) is 0 Å². The molecule has 0 bridgehead atoms. The van der Waals surface area contributed by atoms with Gasteiger partial charge in [0.25, 0.3) is 0 Å². The predicted molar refractivity (Wildman–Crippen MR) is 76.0 cm³/mol. The molecule has 8 heteroatoms. The van der Waals surface area contributed by atoms with Crippen molar-refractivity contribution in [1.82, 2.24) is 0 Å². The molecular weight excluding hydrogens is 296 g/mol. The molecule has 0 aromatic rings. The molecule has 0 atom stereocenters. The first-order valence-corrected chi connectivity index (χ1v) is 7.41. The second kappa shape index (κ2) is 16.2. The Morgan fingerprint density at radius 2 is 0.955 bits per heavy atom. The highest BCUT2D eigenvalue weighted by Gasteiger charge is 2.10. The molecule has 0 spiro atoms. The summed E-state index contributed by atoms with van der Waals surface area (Å²) in [5, 5.41) is 0. The van der Waals surface area contributed by atoms with E-state index in [0.717, 1.165) is 12.8 Å². The van der Waals surface area contributed by atoms with Gasteiger partial charge >= 0.3 is 11.9 Å². The Morgan fingerprint density at radius 1 is 0.591 bits per heavy atom. The maximum atomic E-state index is 11.2. The Labute approximate surface area is 130 Å². The molecule has 130 valence electrons. The number of carbonyl (C=O) groups is 2. The van der Waals surface area contributed by atoms with Crippen LogP contribution in [0.5, 0.6) is 0 Å². The molecule has 0 aliphatic carbocycles. The zero-order valence-corrected chi connectivity index (χ0v) is 13.3. The zero-order valence-electron chi connectivity index (χ0n) is 13.3. The summed E-state index contributed by atoms with van der Waals surface area (Å²) in [7, 11) is 0. The minimum atomic E-state index is -0.796. The molecule has 8 nitrogen and oxygen atoms in total. The first kappa shape index (κ1) is 20.8. The summed E-state index contributed by atoms with van der Waals surface area (Å²) >= 11 is 0. The Balaban J connectivity index is 3.36. The maximum absolute atomic E-state index is 11.2. The second-order valence-electron chi connectivity index (χ2n) is 4.24. The van der Waals surface area contributed by atoms with Crippen LogP contribution in [0.2, 0.25) is 0 Å². The number of carbonyl (C=O) groups excluding carboxylic acids is 2. The number of hydrogen-bond donors (Lipinski definition) is 0. The average Bonchev–Trinajstić information content (AvgIpc) is 2.52. The summed E-state index contributed by atoms with van der Waals surface area (Å²) in [6.45, 7) is 5.99. The molecule has 0 fully saturated rings. The number of hydrogen-bond acceptors (Lipinski definition) is 8. The van der Waals surface area contributed by atoms with E-state index in [-0.39, 0.29) is 26.4 Å². The lowest BCUT2D eigenvalue weighted by Gasteiger charge is -2.06. The SMILES string of the molecule is CCCOCCOCC(=O)OOC(=O)COCCOCCC. The third-order valence-corrected chi connectivity index (χ3v) is 2.11. The van der Waals surface area contributed by atoms with E-state index >= 15 is 0 Å². The van der Waals surface area contributed by atoms with E-state index in [1.54, 1.807) is 0 Å². The molecule has 0 unspecified atom stereocenters. The average molecular weight is 322 g/mol. The van der Waals surface area contributed by atoms with Crippen molar-refractivity contribution < 1.29 is 38.3 Å². The minimum absolute atomic E-state index is 0.268. The van der Waals surface area contributed by atoms with Gasteiger partial charge in [-0.3, -0.25) is 0 Å². The van der Waals surface area contributed by atoms with Crippen LogP contribution >= 0.6 is 0 Å². The standard InChI is InChI=1S/C14H26O8/c1-3-5-17-7-9-19-11-13(15)21-22-14(16)12-20-10-8-18-6-4-2/h3-12H2,1-2H3. The molecule has 0 amide bonds. The van der Waals surface area contributed by atoms with Crippen molar-refractivity contribution in [3.63, 3.8) is 0 Å². The number of rotatable bonds is 14. The zero-order chi connectivity index (χ0) is 16.5. The van der Waals surface area contributed by atoms with Crippen molar-refractivity contribution in [3.05, 3.63) is 0 Å². The van der Waals surface area contributed by atoms with Crippen LogP contribution in [0.25, 0.3) is 0 Å². The van der Waals surface area contributed by atoms with Gasteiger partial charge in [-0.25, -0.2) is 19.4 Å². The van der Waals surface area contributed by atoms with Gasteiger partial charge < -0.3 is 18.9 Å². The Morgan fingerprint density at radius 3 is 1.32 bits per heavy atom. The van der Waals surface area contributed by atoms with Crippen molar-refractivity contribution in [2.75, 3.05) is 52.9 Å². The van der Waals surface area contributed by atoms with E-state index in [9.17, 15) is 9.59 Å². The quantitative estimate of drug-likeness (QED) is 0.264. The van der Waals surface area contributed by atoms with Crippen LogP contribution in [0.15, 0.2) is 0 Å². The fraction of sp³-hybridized carbons (Fsp3) is 0.857. The van der Waals surface area contributed by atoms with Gasteiger partial charge in [0.15, 0.2) is 0 Å². The summed E-state index contributed by atoms with van der Waals surface area (Å²) in [6, 6.07) is 0. The molecule has 0 radical (unpaired) electrons. The third-order valence-electron chi connectivity index (χ3n) is 2.11. The molecule has 22 heavy (non-hydrogen) atoms. The highest BCUT2D eigenvalue weighted by atomic mass is 17.2. The van der Waals surface area contributed by atoms with Crippen LogP contribution in [0.1, 0.15) is 26.7 Å². The van der Waals surface area contributed by atoms with Gasteiger partial charge in [0.05, 0.1) is 26.4 Å². The number of ether oxygens (including phenoxy) is 4. The van der Waals surface area contributed by atoms with Crippen molar-refractivity contribution in [2.24, 2.45) is 0 Å². The van der Waals surface area contributed by atoms with E-state index < -0.39 is 11.9 Å². The smallest absolute Gasteiger partial charge is 0.379 e. The van der Waals surface area contributed by atoms with Crippen LogP contribution in [0.4, 0.5) is 0 Å². The van der Waals surface area contributed by atoms with Crippen molar-refractivity contribution in [3.8, 4) is 0 Å². The molecule has 0 aromatic heterocycles. The van der Waals surface area contributed by atoms with Gasteiger partial charge in [0.1, 0.15) is 13.2 Å². The van der Waals surface area contributed by atoms with Crippen LogP contribution in [-0.4, -0.2) is 64.8 Å². The van der Waals surface area contributed by atoms with E-state index in [2.05, 4.69) is 9.78 Å². The van der Waals surface area contributed by atoms with Gasteiger partial charge in [-0.05, 0) is 12.8 Å². The minimum Gasteiger partial charge on any atom is -0.379 e. The molecule has 0 N–H and O–H groups in total. The first-order valence-electron chi connectivity index (χ1n) is 7.41. The lowest BCUT2D eigenvalue weighted by Crippen LogP contribution is -2.20. The van der Waals surface area contributed by atoms with Crippen LogP contribution in [0, 0.1) is 0 Å². The first-order chi connectivity index (χ1) is 10.7. The van der Waals surface area contributed by atoms with E-state index in [4.69, 9.17) is 18.9 Å². The normalized spacial score (nSPS) is 10.5. The van der Waals surface area contributed by atoms with E-state index in [1.165, 1.54) is 0 Å². The Kier molecular flexibility index (Phi) is 15.3. The van der Waals surface area contributed by atoms with Crippen molar-refractivity contribution >= 4 is 11.9 Å². The molecule has 0 heterocycles. The largest absolute Gasteiger partial charge is 0.380 e. The van der Waals surface area contributed by atoms with Crippen molar-refractivity contribution in [1.29, 1.82) is 0 Å². The van der Waals surface area contributed by atoms with Gasteiger partial charge in [-0.2, -0.15) is 0 Å². The maximum Gasteiger partial charge on any atom is 0.380 e. The highest BCUT2D eigenvalue weighted by molar-refractivity contribution is 5.74. The Bertz CT molecular complexity index is 254. The lowest BCUT2D eigenvalue weighted by atomic mass is 10.5. The molecule has 0 aromatic carbocycles. The van der Waals surface area contributed by atoms with Gasteiger partial charge in [-0.15, -0.1) is 0 Å². The molecular formula is C14H26O8. The van der Waals surface area contributed by atoms with Crippen LogP contribution in [0.3, 0.4) is 0 Å². The monoisotopic (exact) mass is 322 g/mol. The molecule has 0 aliphatic heterocycles. The molecule has 0 aliphatic rings. The third kappa shape index (κ3) is 15.2. The molecule has 0 saturated carbocycles. The predicted octanol–water partition coefficient (Wildman–Crippen LogP) is 0.874. The topological polar surface area (TPSA) is 89.5 Å². The molecule has 0 rings (SSSR count). The molecule has 0 saturated heterocycles.